The lowest BCUT2D eigenvalue weighted by molar-refractivity contribution is -0.126. The Morgan fingerprint density at radius 1 is 1.52 bits per heavy atom. The van der Waals surface area contributed by atoms with Gasteiger partial charge < -0.3 is 15.4 Å². The number of methoxy groups -OCH3 is 1. The van der Waals surface area contributed by atoms with Crippen LogP contribution in [0.3, 0.4) is 0 Å². The van der Waals surface area contributed by atoms with Gasteiger partial charge in [-0.3, -0.25) is 4.79 Å². The van der Waals surface area contributed by atoms with E-state index in [1.54, 1.807) is 6.07 Å². The third-order valence-corrected chi connectivity index (χ3v) is 3.68. The second-order valence-electron chi connectivity index (χ2n) is 5.16. The summed E-state index contributed by atoms with van der Waals surface area (Å²) >= 11 is 0. The van der Waals surface area contributed by atoms with Gasteiger partial charge in [0.1, 0.15) is 11.6 Å². The van der Waals surface area contributed by atoms with E-state index in [0.29, 0.717) is 17.9 Å². The van der Waals surface area contributed by atoms with Gasteiger partial charge in [-0.15, -0.1) is 12.4 Å². The lowest BCUT2D eigenvalue weighted by Crippen LogP contribution is -2.41. The van der Waals surface area contributed by atoms with Crippen molar-refractivity contribution in [3.05, 3.63) is 29.6 Å². The molecule has 0 bridgehead atoms. The van der Waals surface area contributed by atoms with E-state index in [1.807, 2.05) is 6.92 Å². The molecule has 4 nitrogen and oxygen atoms in total. The topological polar surface area (TPSA) is 50.4 Å². The largest absolute Gasteiger partial charge is 0.496 e. The summed E-state index contributed by atoms with van der Waals surface area (Å²) in [5, 5.41) is 6.16. The lowest BCUT2D eigenvalue weighted by Gasteiger charge is -2.24. The fourth-order valence-corrected chi connectivity index (χ4v) is 2.53. The Kier molecular flexibility index (Phi) is 6.92. The molecule has 0 saturated carbocycles. The number of piperidine rings is 1. The minimum Gasteiger partial charge on any atom is -0.496 e. The summed E-state index contributed by atoms with van der Waals surface area (Å²) < 4.78 is 18.6. The maximum Gasteiger partial charge on any atom is 0.224 e. The number of benzene rings is 1. The molecular weight excluding hydrogens is 295 g/mol. The first-order chi connectivity index (χ1) is 9.61. The number of halogens is 2. The van der Waals surface area contributed by atoms with E-state index >= 15 is 0 Å². The Labute approximate surface area is 130 Å². The zero-order chi connectivity index (χ0) is 14.5. The fraction of sp³-hybridized carbons (Fsp3) is 0.533. The van der Waals surface area contributed by atoms with Gasteiger partial charge in [-0.2, -0.15) is 0 Å². The molecule has 0 spiro atoms. The van der Waals surface area contributed by atoms with E-state index in [-0.39, 0.29) is 36.1 Å². The molecule has 21 heavy (non-hydrogen) atoms. The molecule has 0 aliphatic carbocycles. The summed E-state index contributed by atoms with van der Waals surface area (Å²) in [6, 6.07) is 4.05. The third-order valence-electron chi connectivity index (χ3n) is 3.68. The number of ether oxygens (including phenoxy) is 1. The monoisotopic (exact) mass is 316 g/mol. The zero-order valence-corrected chi connectivity index (χ0v) is 13.1. The van der Waals surface area contributed by atoms with E-state index in [0.717, 1.165) is 19.4 Å². The van der Waals surface area contributed by atoms with Crippen molar-refractivity contribution < 1.29 is 13.9 Å². The van der Waals surface area contributed by atoms with Gasteiger partial charge in [0.25, 0.3) is 0 Å². The maximum atomic E-state index is 13.4. The summed E-state index contributed by atoms with van der Waals surface area (Å²) in [7, 11) is 1.54. The third kappa shape index (κ3) is 4.58. The van der Waals surface area contributed by atoms with Crippen LogP contribution >= 0.6 is 12.4 Å². The van der Waals surface area contributed by atoms with E-state index in [9.17, 15) is 9.18 Å². The van der Waals surface area contributed by atoms with Crippen molar-refractivity contribution in [1.29, 1.82) is 0 Å². The molecule has 0 radical (unpaired) electrons. The minimum atomic E-state index is -0.332. The number of nitrogens with one attached hydrogen (secondary N) is 2. The molecule has 1 saturated heterocycles. The number of carbonyl (C=O) groups excluding carboxylic acids is 1. The Morgan fingerprint density at radius 3 is 2.90 bits per heavy atom. The molecule has 1 heterocycles. The predicted molar refractivity (Wildman–Crippen MR) is 82.4 cm³/mol. The van der Waals surface area contributed by atoms with Crippen molar-refractivity contribution in [3.8, 4) is 5.75 Å². The van der Waals surface area contributed by atoms with Gasteiger partial charge >= 0.3 is 0 Å². The van der Waals surface area contributed by atoms with Crippen LogP contribution in [-0.4, -0.2) is 26.1 Å². The van der Waals surface area contributed by atoms with Crippen molar-refractivity contribution >= 4 is 18.3 Å². The SMILES string of the molecule is COc1ccc(F)cc1C(C)NC(=O)[C@@H]1CCCNC1.Cl. The van der Waals surface area contributed by atoms with E-state index < -0.39 is 0 Å². The molecule has 1 fully saturated rings. The number of hydrogen-bond donors (Lipinski definition) is 2. The van der Waals surface area contributed by atoms with Crippen LogP contribution < -0.4 is 15.4 Å². The van der Waals surface area contributed by atoms with Crippen LogP contribution in [0.5, 0.6) is 5.75 Å². The van der Waals surface area contributed by atoms with Crippen LogP contribution in [-0.2, 0) is 4.79 Å². The predicted octanol–water partition coefficient (Wildman–Crippen LogP) is 2.43. The normalized spacial score (nSPS) is 19.3. The molecule has 6 heteroatoms. The molecule has 1 amide bonds. The fourth-order valence-electron chi connectivity index (χ4n) is 2.53. The lowest BCUT2D eigenvalue weighted by atomic mass is 9.97. The number of rotatable bonds is 4. The molecule has 2 atom stereocenters. The smallest absolute Gasteiger partial charge is 0.224 e. The highest BCUT2D eigenvalue weighted by molar-refractivity contribution is 5.85. The first-order valence-corrected chi connectivity index (χ1v) is 6.96. The molecule has 1 aliphatic heterocycles. The Bertz CT molecular complexity index is 479. The van der Waals surface area contributed by atoms with E-state index in [4.69, 9.17) is 4.74 Å². The standard InChI is InChI=1S/C15H21FN2O2.ClH/c1-10(13-8-12(16)5-6-14(13)20-2)18-15(19)11-4-3-7-17-9-11;/h5-6,8,10-11,17H,3-4,7,9H2,1-2H3,(H,18,19);1H/t10?,11-;/m1./s1. The quantitative estimate of drug-likeness (QED) is 0.897. The highest BCUT2D eigenvalue weighted by atomic mass is 35.5. The zero-order valence-electron chi connectivity index (χ0n) is 12.3. The van der Waals surface area contributed by atoms with Crippen molar-refractivity contribution in [2.45, 2.75) is 25.8 Å². The van der Waals surface area contributed by atoms with Crippen LogP contribution in [0.15, 0.2) is 18.2 Å². The van der Waals surface area contributed by atoms with Crippen LogP contribution in [0.2, 0.25) is 0 Å². The second kappa shape index (κ2) is 8.20. The first-order valence-electron chi connectivity index (χ1n) is 6.96. The molecule has 0 aromatic heterocycles. The molecule has 1 aromatic rings. The average Bonchev–Trinajstić information content (AvgIpc) is 2.48. The highest BCUT2D eigenvalue weighted by Gasteiger charge is 2.23. The first kappa shape index (κ1) is 17.7. The summed E-state index contributed by atoms with van der Waals surface area (Å²) in [5.41, 5.74) is 0.657. The number of hydrogen-bond acceptors (Lipinski definition) is 3. The van der Waals surface area contributed by atoms with Crippen LogP contribution in [0.4, 0.5) is 4.39 Å². The molecular formula is C15H22ClFN2O2. The summed E-state index contributed by atoms with van der Waals surface area (Å²) in [4.78, 5) is 12.2. The van der Waals surface area contributed by atoms with Gasteiger partial charge in [-0.1, -0.05) is 0 Å². The molecule has 2 N–H and O–H groups in total. The minimum absolute atomic E-state index is 0. The molecule has 1 aromatic carbocycles. The number of amides is 1. The summed E-state index contributed by atoms with van der Waals surface area (Å²) in [6.45, 7) is 3.52. The van der Waals surface area contributed by atoms with Gasteiger partial charge in [-0.05, 0) is 44.5 Å². The highest BCUT2D eigenvalue weighted by Crippen LogP contribution is 2.26. The Hall–Kier alpha value is -1.33. The molecule has 2 rings (SSSR count). The number of carbonyl (C=O) groups is 1. The van der Waals surface area contributed by atoms with Crippen molar-refractivity contribution in [1.82, 2.24) is 10.6 Å². The molecule has 118 valence electrons. The van der Waals surface area contributed by atoms with Crippen molar-refractivity contribution in [2.75, 3.05) is 20.2 Å². The second-order valence-corrected chi connectivity index (χ2v) is 5.16. The van der Waals surface area contributed by atoms with E-state index in [1.165, 1.54) is 19.2 Å². The molecule has 1 aliphatic rings. The van der Waals surface area contributed by atoms with Crippen LogP contribution in [0.1, 0.15) is 31.4 Å². The maximum absolute atomic E-state index is 13.4. The Balaban J connectivity index is 0.00000220. The molecule has 1 unspecified atom stereocenters. The summed E-state index contributed by atoms with van der Waals surface area (Å²) in [5.74, 6) is 0.254. The summed E-state index contributed by atoms with van der Waals surface area (Å²) in [6.07, 6.45) is 1.90. The van der Waals surface area contributed by atoms with Crippen LogP contribution in [0.25, 0.3) is 0 Å². The van der Waals surface area contributed by atoms with Gasteiger partial charge in [0.15, 0.2) is 0 Å². The van der Waals surface area contributed by atoms with Crippen LogP contribution in [0, 0.1) is 11.7 Å². The average molecular weight is 317 g/mol. The van der Waals surface area contributed by atoms with Gasteiger partial charge in [-0.25, -0.2) is 4.39 Å². The van der Waals surface area contributed by atoms with Gasteiger partial charge in [0.2, 0.25) is 5.91 Å². The Morgan fingerprint density at radius 2 is 2.29 bits per heavy atom. The van der Waals surface area contributed by atoms with Gasteiger partial charge in [0, 0.05) is 12.1 Å². The van der Waals surface area contributed by atoms with E-state index in [2.05, 4.69) is 10.6 Å². The van der Waals surface area contributed by atoms with Crippen molar-refractivity contribution in [2.24, 2.45) is 5.92 Å². The van der Waals surface area contributed by atoms with Gasteiger partial charge in [0.05, 0.1) is 19.1 Å². The van der Waals surface area contributed by atoms with Crippen molar-refractivity contribution in [3.63, 3.8) is 0 Å².